The smallest absolute Gasteiger partial charge is 0.303 e. The van der Waals surface area contributed by atoms with Crippen LogP contribution in [0.3, 0.4) is 0 Å². The van der Waals surface area contributed by atoms with Gasteiger partial charge in [-0.25, -0.2) is 0 Å². The summed E-state index contributed by atoms with van der Waals surface area (Å²) in [6.45, 7) is 9.23. The fraction of sp³-hybridized carbons (Fsp3) is 0.960. The Kier molecular flexibility index (Phi) is 5.60. The number of aliphatic carboxylic acids is 1. The van der Waals surface area contributed by atoms with Crippen LogP contribution in [0.4, 0.5) is 0 Å². The van der Waals surface area contributed by atoms with Crippen molar-refractivity contribution in [2.24, 2.45) is 52.3 Å². The van der Waals surface area contributed by atoms with E-state index < -0.39 is 5.97 Å². The van der Waals surface area contributed by atoms with Gasteiger partial charge >= 0.3 is 5.97 Å². The van der Waals surface area contributed by atoms with Crippen LogP contribution in [0.25, 0.3) is 0 Å². The lowest BCUT2D eigenvalue weighted by Crippen LogP contribution is -2.62. The van der Waals surface area contributed by atoms with Crippen molar-refractivity contribution in [1.82, 2.24) is 0 Å². The Labute approximate surface area is 176 Å². The quantitative estimate of drug-likeness (QED) is 0.631. The van der Waals surface area contributed by atoms with Gasteiger partial charge in [-0.1, -0.05) is 34.1 Å². The Balaban J connectivity index is 1.66. The Morgan fingerprint density at radius 3 is 2.31 bits per heavy atom. The molecule has 0 unspecified atom stereocenters. The lowest BCUT2D eigenvalue weighted by Gasteiger charge is -2.64. The first-order valence-electron chi connectivity index (χ1n) is 12.2. The Hall–Kier alpha value is -0.610. The van der Waals surface area contributed by atoms with E-state index in [0.29, 0.717) is 29.6 Å². The fourth-order valence-electron chi connectivity index (χ4n) is 9.35. The van der Waals surface area contributed by atoms with Crippen molar-refractivity contribution in [3.8, 4) is 0 Å². The molecule has 0 aromatic heterocycles. The van der Waals surface area contributed by atoms with Gasteiger partial charge in [0.25, 0.3) is 0 Å². The molecule has 0 saturated heterocycles. The van der Waals surface area contributed by atoms with Crippen LogP contribution in [0.1, 0.15) is 85.5 Å². The first-order chi connectivity index (χ1) is 13.6. The van der Waals surface area contributed by atoms with E-state index in [1.54, 1.807) is 0 Å². The van der Waals surface area contributed by atoms with Crippen LogP contribution in [-0.4, -0.2) is 33.5 Å². The SMILES string of the molecule is CC[C@H]1[C@@H](O)[C@@H]2[C@H](CC[C@]3(C)[C@@H]([C@H](C)CC(=O)O)CC[C@@H]23)[C@@]2(C)CC[C@H](O)C[C@@H]12. The zero-order valence-corrected chi connectivity index (χ0v) is 18.8. The minimum atomic E-state index is -0.682. The standard InChI is InChI=1S/C25H42O4/c1-5-16-20-13-15(26)8-10-25(20,4)19-9-11-24(3)17(14(2)12-21(27)28)6-7-18(24)22(19)23(16)29/h14-20,22-23,26,29H,5-13H2,1-4H3,(H,27,28)/t14-,15+,16-,17-,18+,19+,20+,22+,23-,24-,25-/m1/s1. The molecular weight excluding hydrogens is 364 g/mol. The normalized spacial score (nSPS) is 52.9. The van der Waals surface area contributed by atoms with Crippen molar-refractivity contribution < 1.29 is 20.1 Å². The maximum absolute atomic E-state index is 11.7. The zero-order valence-electron chi connectivity index (χ0n) is 18.8. The highest BCUT2D eigenvalue weighted by Gasteiger charge is 2.64. The molecule has 0 spiro atoms. The van der Waals surface area contributed by atoms with E-state index in [0.717, 1.165) is 44.9 Å². The van der Waals surface area contributed by atoms with Gasteiger partial charge in [0.2, 0.25) is 0 Å². The average molecular weight is 407 g/mol. The van der Waals surface area contributed by atoms with Crippen molar-refractivity contribution >= 4 is 5.97 Å². The van der Waals surface area contributed by atoms with Gasteiger partial charge < -0.3 is 15.3 Å². The molecule has 4 saturated carbocycles. The summed E-state index contributed by atoms with van der Waals surface area (Å²) in [7, 11) is 0. The van der Waals surface area contributed by atoms with Crippen LogP contribution < -0.4 is 0 Å². The molecule has 0 aromatic carbocycles. The molecule has 3 N–H and O–H groups in total. The van der Waals surface area contributed by atoms with E-state index in [1.807, 2.05) is 0 Å². The van der Waals surface area contributed by atoms with Gasteiger partial charge in [0.15, 0.2) is 0 Å². The maximum atomic E-state index is 11.7. The molecule has 4 nitrogen and oxygen atoms in total. The van der Waals surface area contributed by atoms with E-state index in [2.05, 4.69) is 27.7 Å². The second-order valence-corrected chi connectivity index (χ2v) is 11.7. The highest BCUT2D eigenvalue weighted by molar-refractivity contribution is 5.67. The molecule has 0 radical (unpaired) electrons. The summed E-state index contributed by atoms with van der Waals surface area (Å²) >= 11 is 0. The van der Waals surface area contributed by atoms with Crippen molar-refractivity contribution in [2.45, 2.75) is 97.7 Å². The minimum absolute atomic E-state index is 0.159. The predicted octanol–water partition coefficient (Wildman–Crippen LogP) is 4.72. The van der Waals surface area contributed by atoms with Gasteiger partial charge in [0.1, 0.15) is 0 Å². The van der Waals surface area contributed by atoms with Gasteiger partial charge in [0, 0.05) is 6.42 Å². The molecule has 4 fully saturated rings. The highest BCUT2D eigenvalue weighted by Crippen LogP contribution is 2.69. The number of aliphatic hydroxyl groups is 2. The lowest BCUT2D eigenvalue weighted by molar-refractivity contribution is -0.203. The molecule has 29 heavy (non-hydrogen) atoms. The number of aliphatic hydroxyl groups excluding tert-OH is 2. The van der Waals surface area contributed by atoms with Crippen LogP contribution in [0.15, 0.2) is 0 Å². The third-order valence-corrected chi connectivity index (χ3v) is 10.6. The second kappa shape index (κ2) is 7.51. The molecule has 0 aliphatic heterocycles. The Morgan fingerprint density at radius 2 is 1.66 bits per heavy atom. The third kappa shape index (κ3) is 3.19. The molecule has 4 aliphatic carbocycles. The van der Waals surface area contributed by atoms with Crippen molar-refractivity contribution in [1.29, 1.82) is 0 Å². The van der Waals surface area contributed by atoms with Crippen LogP contribution in [0.5, 0.6) is 0 Å². The van der Waals surface area contributed by atoms with Gasteiger partial charge in [0.05, 0.1) is 12.2 Å². The molecule has 4 aliphatic rings. The molecule has 4 rings (SSSR count). The van der Waals surface area contributed by atoms with E-state index in [1.165, 1.54) is 6.42 Å². The summed E-state index contributed by atoms with van der Waals surface area (Å²) in [6, 6.07) is 0. The molecule has 166 valence electrons. The number of carboxylic acids is 1. The number of carboxylic acid groups (broad SMARTS) is 1. The summed E-state index contributed by atoms with van der Waals surface area (Å²) < 4.78 is 0. The van der Waals surface area contributed by atoms with Gasteiger partial charge in [-0.3, -0.25) is 4.79 Å². The lowest BCUT2D eigenvalue weighted by atomic mass is 9.41. The van der Waals surface area contributed by atoms with Crippen LogP contribution in [0.2, 0.25) is 0 Å². The van der Waals surface area contributed by atoms with Crippen LogP contribution in [-0.2, 0) is 4.79 Å². The molecular formula is C25H42O4. The first-order valence-corrected chi connectivity index (χ1v) is 12.2. The molecule has 0 amide bonds. The summed E-state index contributed by atoms with van der Waals surface area (Å²) in [6.07, 6.45) is 8.21. The summed E-state index contributed by atoms with van der Waals surface area (Å²) in [5, 5.41) is 31.4. The summed E-state index contributed by atoms with van der Waals surface area (Å²) in [5.41, 5.74) is 0.391. The molecule has 11 atom stereocenters. The van der Waals surface area contributed by atoms with Crippen molar-refractivity contribution in [3.63, 3.8) is 0 Å². The molecule has 0 aromatic rings. The van der Waals surface area contributed by atoms with E-state index in [4.69, 9.17) is 0 Å². The van der Waals surface area contributed by atoms with E-state index in [9.17, 15) is 20.1 Å². The van der Waals surface area contributed by atoms with Gasteiger partial charge in [-0.05, 0) is 97.2 Å². The fourth-order valence-corrected chi connectivity index (χ4v) is 9.35. The van der Waals surface area contributed by atoms with Crippen molar-refractivity contribution in [2.75, 3.05) is 0 Å². The van der Waals surface area contributed by atoms with Gasteiger partial charge in [-0.15, -0.1) is 0 Å². The topological polar surface area (TPSA) is 77.8 Å². The molecule has 4 heteroatoms. The minimum Gasteiger partial charge on any atom is -0.481 e. The Morgan fingerprint density at radius 1 is 1.00 bits per heavy atom. The number of hydrogen-bond donors (Lipinski definition) is 3. The number of rotatable bonds is 4. The van der Waals surface area contributed by atoms with E-state index in [-0.39, 0.29) is 41.3 Å². The second-order valence-electron chi connectivity index (χ2n) is 11.7. The maximum Gasteiger partial charge on any atom is 0.303 e. The Bertz CT molecular complexity index is 634. The van der Waals surface area contributed by atoms with Crippen molar-refractivity contribution in [3.05, 3.63) is 0 Å². The first kappa shape index (κ1) is 21.6. The van der Waals surface area contributed by atoms with Crippen LogP contribution in [0, 0.1) is 52.3 Å². The zero-order chi connectivity index (χ0) is 21.1. The van der Waals surface area contributed by atoms with E-state index >= 15 is 0 Å². The van der Waals surface area contributed by atoms with Gasteiger partial charge in [-0.2, -0.15) is 0 Å². The average Bonchev–Trinajstić information content (AvgIpc) is 3.00. The molecule has 0 bridgehead atoms. The number of carbonyl (C=O) groups is 1. The summed E-state index contributed by atoms with van der Waals surface area (Å²) in [5.74, 6) is 2.09. The highest BCUT2D eigenvalue weighted by atomic mass is 16.4. The predicted molar refractivity (Wildman–Crippen MR) is 113 cm³/mol. The third-order valence-electron chi connectivity index (χ3n) is 10.6. The largest absolute Gasteiger partial charge is 0.481 e. The molecule has 0 heterocycles. The summed E-state index contributed by atoms with van der Waals surface area (Å²) in [4.78, 5) is 11.4. The van der Waals surface area contributed by atoms with Crippen LogP contribution >= 0.6 is 0 Å². The number of hydrogen-bond acceptors (Lipinski definition) is 3. The number of fused-ring (bicyclic) bond motifs is 5. The monoisotopic (exact) mass is 406 g/mol.